The second-order valence-corrected chi connectivity index (χ2v) is 7.41. The van der Waals surface area contributed by atoms with Crippen molar-refractivity contribution in [2.45, 2.75) is 6.54 Å². The first kappa shape index (κ1) is 20.3. The maximum absolute atomic E-state index is 12.3. The largest absolute Gasteiger partial charge is 0.508 e. The van der Waals surface area contributed by atoms with Crippen molar-refractivity contribution in [1.29, 1.82) is 0 Å². The number of amides is 1. The Labute approximate surface area is 190 Å². The van der Waals surface area contributed by atoms with Gasteiger partial charge in [0.05, 0.1) is 11.9 Å². The molecule has 0 unspecified atom stereocenters. The fourth-order valence-corrected chi connectivity index (χ4v) is 3.51. The lowest BCUT2D eigenvalue weighted by atomic mass is 10.1. The second-order valence-electron chi connectivity index (χ2n) is 7.41. The van der Waals surface area contributed by atoms with E-state index in [1.807, 2.05) is 65.2 Å². The van der Waals surface area contributed by atoms with Crippen molar-refractivity contribution in [2.24, 2.45) is 0 Å². The van der Waals surface area contributed by atoms with Crippen molar-refractivity contribution in [3.63, 3.8) is 0 Å². The molecular weight excluding hydrogens is 416 g/mol. The van der Waals surface area contributed by atoms with Gasteiger partial charge in [-0.15, -0.1) is 0 Å². The number of hydrogen-bond acceptors (Lipinski definition) is 5. The number of phenolic OH excluding ortho intramolecular Hbond substituents is 1. The summed E-state index contributed by atoms with van der Waals surface area (Å²) in [6, 6.07) is 23.6. The zero-order valence-corrected chi connectivity index (χ0v) is 17.6. The van der Waals surface area contributed by atoms with Gasteiger partial charge >= 0.3 is 0 Å². The molecule has 3 aromatic carbocycles. The van der Waals surface area contributed by atoms with Crippen LogP contribution < -0.4 is 10.1 Å². The minimum Gasteiger partial charge on any atom is -0.508 e. The quantitative estimate of drug-likeness (QED) is 0.398. The number of fused-ring (bicyclic) bond motifs is 1. The zero-order valence-electron chi connectivity index (χ0n) is 17.6. The number of nitrogens with one attached hydrogen (secondary N) is 1. The fraction of sp³-hybridized carbons (Fsp3) is 0.0385. The lowest BCUT2D eigenvalue weighted by Crippen LogP contribution is -2.22. The molecule has 5 rings (SSSR count). The number of imidazole rings is 1. The zero-order chi connectivity index (χ0) is 22.6. The van der Waals surface area contributed by atoms with Gasteiger partial charge in [0, 0.05) is 30.1 Å². The Morgan fingerprint density at radius 1 is 0.970 bits per heavy atom. The van der Waals surface area contributed by atoms with Gasteiger partial charge < -0.3 is 15.2 Å². The molecule has 7 heteroatoms. The molecule has 162 valence electrons. The van der Waals surface area contributed by atoms with Crippen LogP contribution in [0, 0.1) is 0 Å². The number of carbonyl (C=O) groups is 1. The number of aromatic hydroxyl groups is 1. The lowest BCUT2D eigenvalue weighted by molar-refractivity contribution is 0.0950. The van der Waals surface area contributed by atoms with Crippen molar-refractivity contribution < 1.29 is 14.6 Å². The van der Waals surface area contributed by atoms with E-state index in [9.17, 15) is 9.90 Å². The molecule has 1 amide bonds. The predicted octanol–water partition coefficient (Wildman–Crippen LogP) is 4.82. The molecule has 2 N–H and O–H groups in total. The van der Waals surface area contributed by atoms with Crippen LogP contribution >= 0.6 is 0 Å². The van der Waals surface area contributed by atoms with Crippen molar-refractivity contribution >= 4 is 11.6 Å². The Morgan fingerprint density at radius 2 is 1.79 bits per heavy atom. The summed E-state index contributed by atoms with van der Waals surface area (Å²) in [6.07, 6.45) is 5.31. The first-order valence-corrected chi connectivity index (χ1v) is 10.4. The van der Waals surface area contributed by atoms with Gasteiger partial charge in [-0.25, -0.2) is 9.97 Å². The van der Waals surface area contributed by atoms with Crippen LogP contribution in [0.5, 0.6) is 17.4 Å². The highest BCUT2D eigenvalue weighted by Gasteiger charge is 2.12. The van der Waals surface area contributed by atoms with Gasteiger partial charge in [-0.05, 0) is 35.9 Å². The van der Waals surface area contributed by atoms with E-state index in [0.717, 1.165) is 16.8 Å². The van der Waals surface area contributed by atoms with Crippen molar-refractivity contribution in [3.05, 3.63) is 109 Å². The van der Waals surface area contributed by atoms with Gasteiger partial charge in [0.15, 0.2) is 0 Å². The highest BCUT2D eigenvalue weighted by molar-refractivity contribution is 5.94. The van der Waals surface area contributed by atoms with Gasteiger partial charge in [0.25, 0.3) is 11.8 Å². The summed E-state index contributed by atoms with van der Waals surface area (Å²) in [5.41, 5.74) is 3.87. The number of ether oxygens (including phenoxy) is 1. The standard InChI is InChI=1S/C26H20N4O3/c31-21-6-4-5-20(15-21)25(32)29-16-18-9-11-19(12-10-18)23-17-28-24-26(27-13-14-30(23)24)33-22-7-2-1-3-8-22/h1-15,17,31H,16H2,(H,29,32). The molecule has 0 aliphatic carbocycles. The normalized spacial score (nSPS) is 10.8. The second kappa shape index (κ2) is 8.84. The highest BCUT2D eigenvalue weighted by Crippen LogP contribution is 2.27. The van der Waals surface area contributed by atoms with E-state index in [0.29, 0.717) is 29.4 Å². The van der Waals surface area contributed by atoms with Crippen LogP contribution in [0.25, 0.3) is 16.9 Å². The molecule has 0 spiro atoms. The Morgan fingerprint density at radius 3 is 2.58 bits per heavy atom. The van der Waals surface area contributed by atoms with E-state index >= 15 is 0 Å². The molecule has 2 heterocycles. The third kappa shape index (κ3) is 4.38. The number of phenols is 1. The van der Waals surface area contributed by atoms with Gasteiger partial charge in [-0.1, -0.05) is 48.5 Å². The van der Waals surface area contributed by atoms with Gasteiger partial charge in [-0.3, -0.25) is 9.20 Å². The summed E-state index contributed by atoms with van der Waals surface area (Å²) in [6.45, 7) is 0.376. The maximum Gasteiger partial charge on any atom is 0.263 e. The van der Waals surface area contributed by atoms with Crippen LogP contribution in [0.2, 0.25) is 0 Å². The first-order valence-electron chi connectivity index (χ1n) is 10.4. The third-order valence-electron chi connectivity index (χ3n) is 5.16. The van der Waals surface area contributed by atoms with Gasteiger partial charge in [0.1, 0.15) is 11.5 Å². The first-order chi connectivity index (χ1) is 16.2. The monoisotopic (exact) mass is 436 g/mol. The van der Waals surface area contributed by atoms with E-state index in [2.05, 4.69) is 15.3 Å². The van der Waals surface area contributed by atoms with Gasteiger partial charge in [0.2, 0.25) is 5.65 Å². The van der Waals surface area contributed by atoms with Crippen molar-refractivity contribution in [2.75, 3.05) is 0 Å². The number of benzene rings is 3. The molecule has 0 saturated carbocycles. The topological polar surface area (TPSA) is 88.8 Å². The Kier molecular flexibility index (Phi) is 5.43. The minimum absolute atomic E-state index is 0.0626. The number of para-hydroxylation sites is 1. The molecular formula is C26H20N4O3. The van der Waals surface area contributed by atoms with Crippen molar-refractivity contribution in [3.8, 4) is 28.6 Å². The molecule has 0 aliphatic rings. The number of carbonyl (C=O) groups excluding carboxylic acids is 1. The summed E-state index contributed by atoms with van der Waals surface area (Å²) < 4.78 is 7.84. The Balaban J connectivity index is 1.32. The van der Waals surface area contributed by atoms with Crippen LogP contribution in [-0.2, 0) is 6.54 Å². The highest BCUT2D eigenvalue weighted by atomic mass is 16.5. The molecule has 0 radical (unpaired) electrons. The maximum atomic E-state index is 12.3. The van der Waals surface area contributed by atoms with E-state index in [4.69, 9.17) is 4.74 Å². The van der Waals surface area contributed by atoms with Crippen LogP contribution in [-0.4, -0.2) is 25.4 Å². The molecule has 0 bridgehead atoms. The number of aromatic nitrogens is 3. The molecule has 33 heavy (non-hydrogen) atoms. The molecule has 5 aromatic rings. The summed E-state index contributed by atoms with van der Waals surface area (Å²) in [4.78, 5) is 21.1. The Hall–Kier alpha value is -4.65. The summed E-state index contributed by atoms with van der Waals surface area (Å²) >= 11 is 0. The van der Waals surface area contributed by atoms with Crippen LogP contribution in [0.15, 0.2) is 97.5 Å². The lowest BCUT2D eigenvalue weighted by Gasteiger charge is -2.08. The average Bonchev–Trinajstić information content (AvgIpc) is 3.29. The summed E-state index contributed by atoms with van der Waals surface area (Å²) in [5, 5.41) is 12.4. The van der Waals surface area contributed by atoms with E-state index in [-0.39, 0.29) is 11.7 Å². The molecule has 0 aliphatic heterocycles. The van der Waals surface area contributed by atoms with E-state index in [1.54, 1.807) is 24.5 Å². The molecule has 0 saturated heterocycles. The van der Waals surface area contributed by atoms with Crippen LogP contribution in [0.3, 0.4) is 0 Å². The third-order valence-corrected chi connectivity index (χ3v) is 5.16. The molecule has 7 nitrogen and oxygen atoms in total. The van der Waals surface area contributed by atoms with Crippen molar-refractivity contribution in [1.82, 2.24) is 19.7 Å². The number of rotatable bonds is 6. The van der Waals surface area contributed by atoms with E-state index in [1.165, 1.54) is 12.1 Å². The molecule has 0 fully saturated rings. The number of hydrogen-bond donors (Lipinski definition) is 2. The van der Waals surface area contributed by atoms with Gasteiger partial charge in [-0.2, -0.15) is 0 Å². The number of nitrogens with zero attached hydrogens (tertiary/aromatic N) is 3. The van der Waals surface area contributed by atoms with Crippen LogP contribution in [0.4, 0.5) is 0 Å². The molecule has 2 aromatic heterocycles. The Bertz CT molecular complexity index is 1410. The summed E-state index contributed by atoms with van der Waals surface area (Å²) in [7, 11) is 0. The SMILES string of the molecule is O=C(NCc1ccc(-c2cnc3c(Oc4ccccc4)nccn23)cc1)c1cccc(O)c1. The van der Waals surface area contributed by atoms with Crippen LogP contribution in [0.1, 0.15) is 15.9 Å². The fourth-order valence-electron chi connectivity index (χ4n) is 3.51. The average molecular weight is 436 g/mol. The predicted molar refractivity (Wildman–Crippen MR) is 124 cm³/mol. The minimum atomic E-state index is -0.241. The molecule has 0 atom stereocenters. The van der Waals surface area contributed by atoms with E-state index < -0.39 is 0 Å². The summed E-state index contributed by atoms with van der Waals surface area (Å²) in [5.74, 6) is 0.948. The smallest absolute Gasteiger partial charge is 0.263 e.